The summed E-state index contributed by atoms with van der Waals surface area (Å²) in [6.07, 6.45) is 4.67. The van der Waals surface area contributed by atoms with Gasteiger partial charge in [-0.25, -0.2) is 4.98 Å². The zero-order valence-electron chi connectivity index (χ0n) is 12.0. The minimum Gasteiger partial charge on any atom is -0.354 e. The first-order valence-corrected chi connectivity index (χ1v) is 7.02. The first kappa shape index (κ1) is 13.3. The van der Waals surface area contributed by atoms with Crippen molar-refractivity contribution in [3.63, 3.8) is 0 Å². The molecule has 1 aromatic rings. The highest BCUT2D eigenvalue weighted by Gasteiger charge is 2.27. The van der Waals surface area contributed by atoms with Gasteiger partial charge in [-0.15, -0.1) is 0 Å². The monoisotopic (exact) mass is 247 g/mol. The van der Waals surface area contributed by atoms with Crippen LogP contribution in [0.3, 0.4) is 0 Å². The van der Waals surface area contributed by atoms with Gasteiger partial charge in [0.1, 0.15) is 5.82 Å². The second-order valence-corrected chi connectivity index (χ2v) is 5.62. The highest BCUT2D eigenvalue weighted by molar-refractivity contribution is 5.49. The van der Waals surface area contributed by atoms with Crippen LogP contribution in [0.15, 0.2) is 18.3 Å². The molecule has 18 heavy (non-hydrogen) atoms. The van der Waals surface area contributed by atoms with Crippen LogP contribution >= 0.6 is 0 Å². The Balaban J connectivity index is 2.27. The summed E-state index contributed by atoms with van der Waals surface area (Å²) < 4.78 is 0. The van der Waals surface area contributed by atoms with E-state index in [1.165, 1.54) is 18.4 Å². The van der Waals surface area contributed by atoms with E-state index in [1.807, 2.05) is 19.3 Å². The number of nitrogens with zero attached hydrogens (tertiary/aromatic N) is 2. The molecule has 100 valence electrons. The molecule has 1 saturated carbocycles. The Hall–Kier alpha value is -1.09. The number of hydrogen-bond acceptors (Lipinski definition) is 3. The Morgan fingerprint density at radius 1 is 1.39 bits per heavy atom. The Kier molecular flexibility index (Phi) is 4.23. The minimum atomic E-state index is 0.342. The minimum absolute atomic E-state index is 0.342. The summed E-state index contributed by atoms with van der Waals surface area (Å²) >= 11 is 0. The largest absolute Gasteiger partial charge is 0.354 e. The van der Waals surface area contributed by atoms with Crippen molar-refractivity contribution in [2.75, 3.05) is 18.5 Å². The normalized spacial score (nSPS) is 16.9. The van der Waals surface area contributed by atoms with Crippen molar-refractivity contribution >= 4 is 5.82 Å². The Morgan fingerprint density at radius 2 is 2.11 bits per heavy atom. The van der Waals surface area contributed by atoms with Crippen LogP contribution in [0.2, 0.25) is 0 Å². The molecule has 0 amide bonds. The van der Waals surface area contributed by atoms with Crippen LogP contribution in [0.5, 0.6) is 0 Å². The fourth-order valence-corrected chi connectivity index (χ4v) is 2.26. The molecule has 1 atom stereocenters. The maximum atomic E-state index is 4.64. The second kappa shape index (κ2) is 5.70. The molecule has 1 N–H and O–H groups in total. The third kappa shape index (κ3) is 3.02. The maximum absolute atomic E-state index is 4.64. The van der Waals surface area contributed by atoms with Gasteiger partial charge in [0.05, 0.1) is 0 Å². The van der Waals surface area contributed by atoms with Crippen molar-refractivity contribution in [3.8, 4) is 0 Å². The van der Waals surface area contributed by atoms with Crippen molar-refractivity contribution in [2.45, 2.75) is 45.7 Å². The van der Waals surface area contributed by atoms with E-state index in [0.29, 0.717) is 12.1 Å². The molecule has 0 aliphatic heterocycles. The van der Waals surface area contributed by atoms with E-state index >= 15 is 0 Å². The van der Waals surface area contributed by atoms with Crippen LogP contribution in [0.4, 0.5) is 5.82 Å². The van der Waals surface area contributed by atoms with E-state index in [9.17, 15) is 0 Å². The number of rotatable bonds is 6. The third-order valence-electron chi connectivity index (χ3n) is 3.76. The average Bonchev–Trinajstić information content (AvgIpc) is 3.18. The topological polar surface area (TPSA) is 28.2 Å². The quantitative estimate of drug-likeness (QED) is 0.837. The Morgan fingerprint density at radius 3 is 2.67 bits per heavy atom. The van der Waals surface area contributed by atoms with Gasteiger partial charge in [0.2, 0.25) is 0 Å². The molecule has 1 aliphatic rings. The van der Waals surface area contributed by atoms with Crippen LogP contribution < -0.4 is 10.2 Å². The van der Waals surface area contributed by atoms with E-state index in [-0.39, 0.29) is 0 Å². The highest BCUT2D eigenvalue weighted by Crippen LogP contribution is 2.33. The predicted molar refractivity (Wildman–Crippen MR) is 76.9 cm³/mol. The highest BCUT2D eigenvalue weighted by atomic mass is 15.2. The lowest BCUT2D eigenvalue weighted by atomic mass is 10.1. The number of nitrogens with one attached hydrogen (secondary N) is 1. The molecule has 3 nitrogen and oxygen atoms in total. The molecule has 0 bridgehead atoms. The summed E-state index contributed by atoms with van der Waals surface area (Å²) in [5.41, 5.74) is 1.30. The van der Waals surface area contributed by atoms with Crippen molar-refractivity contribution in [1.29, 1.82) is 0 Å². The first-order valence-electron chi connectivity index (χ1n) is 7.02. The summed E-state index contributed by atoms with van der Waals surface area (Å²) in [5.74, 6) is 2.04. The third-order valence-corrected chi connectivity index (χ3v) is 3.76. The first-order chi connectivity index (χ1) is 8.63. The Labute approximate surface area is 111 Å². The molecule has 1 aromatic heterocycles. The van der Waals surface area contributed by atoms with Gasteiger partial charge in [-0.05, 0) is 52.6 Å². The summed E-state index contributed by atoms with van der Waals surface area (Å²) in [6.45, 7) is 7.85. The maximum Gasteiger partial charge on any atom is 0.133 e. The van der Waals surface area contributed by atoms with Crippen LogP contribution in [0, 0.1) is 5.92 Å². The van der Waals surface area contributed by atoms with Crippen LogP contribution in [0.1, 0.15) is 45.2 Å². The summed E-state index contributed by atoms with van der Waals surface area (Å²) in [4.78, 5) is 7.10. The van der Waals surface area contributed by atoms with Crippen molar-refractivity contribution in [1.82, 2.24) is 10.3 Å². The smallest absolute Gasteiger partial charge is 0.133 e. The van der Waals surface area contributed by atoms with Crippen LogP contribution in [-0.2, 0) is 0 Å². The summed E-state index contributed by atoms with van der Waals surface area (Å²) in [5, 5.41) is 3.32. The summed E-state index contributed by atoms with van der Waals surface area (Å²) in [7, 11) is 2.00. The lowest BCUT2D eigenvalue weighted by molar-refractivity contribution is 0.608. The lowest BCUT2D eigenvalue weighted by Crippen LogP contribution is -2.35. The average molecular weight is 247 g/mol. The van der Waals surface area contributed by atoms with Crippen molar-refractivity contribution in [3.05, 3.63) is 23.9 Å². The number of hydrogen-bond donors (Lipinski definition) is 1. The standard InChI is InChI=1S/C15H25N3/c1-11(2)18(10-13-7-8-13)15-14(12(3)16-4)6-5-9-17-15/h5-6,9,11-13,16H,7-8,10H2,1-4H3. The molecule has 1 unspecified atom stereocenters. The molecule has 0 spiro atoms. The number of aromatic nitrogens is 1. The van der Waals surface area contributed by atoms with Gasteiger partial charge in [-0.1, -0.05) is 6.07 Å². The van der Waals surface area contributed by atoms with Gasteiger partial charge in [-0.3, -0.25) is 0 Å². The van der Waals surface area contributed by atoms with E-state index in [0.717, 1.165) is 18.3 Å². The molecule has 1 heterocycles. The van der Waals surface area contributed by atoms with Crippen LogP contribution in [-0.4, -0.2) is 24.6 Å². The van der Waals surface area contributed by atoms with Crippen molar-refractivity contribution < 1.29 is 0 Å². The molecule has 2 rings (SSSR count). The molecule has 0 aromatic carbocycles. The SMILES string of the molecule is CNC(C)c1cccnc1N(CC1CC1)C(C)C. The molecule has 1 aliphatic carbocycles. The number of pyridine rings is 1. The molecule has 1 fully saturated rings. The lowest BCUT2D eigenvalue weighted by Gasteiger charge is -2.31. The van der Waals surface area contributed by atoms with E-state index in [1.54, 1.807) is 0 Å². The van der Waals surface area contributed by atoms with E-state index < -0.39 is 0 Å². The van der Waals surface area contributed by atoms with Crippen LogP contribution in [0.25, 0.3) is 0 Å². The van der Waals surface area contributed by atoms with E-state index in [4.69, 9.17) is 0 Å². The predicted octanol–water partition coefficient (Wildman–Crippen LogP) is 2.99. The fraction of sp³-hybridized carbons (Fsp3) is 0.667. The second-order valence-electron chi connectivity index (χ2n) is 5.62. The molecular weight excluding hydrogens is 222 g/mol. The Bertz CT molecular complexity index is 385. The molecular formula is C15H25N3. The van der Waals surface area contributed by atoms with E-state index in [2.05, 4.69) is 42.0 Å². The summed E-state index contributed by atoms with van der Waals surface area (Å²) in [6, 6.07) is 5.06. The fourth-order valence-electron chi connectivity index (χ4n) is 2.26. The van der Waals surface area contributed by atoms with Gasteiger partial charge in [0, 0.05) is 30.4 Å². The molecule has 3 heteroatoms. The molecule has 0 radical (unpaired) electrons. The van der Waals surface area contributed by atoms with Gasteiger partial charge in [-0.2, -0.15) is 0 Å². The zero-order valence-corrected chi connectivity index (χ0v) is 12.0. The van der Waals surface area contributed by atoms with Gasteiger partial charge in [0.25, 0.3) is 0 Å². The van der Waals surface area contributed by atoms with Crippen molar-refractivity contribution in [2.24, 2.45) is 5.92 Å². The van der Waals surface area contributed by atoms with Gasteiger partial charge < -0.3 is 10.2 Å². The number of anilines is 1. The van der Waals surface area contributed by atoms with Gasteiger partial charge in [0.15, 0.2) is 0 Å². The zero-order chi connectivity index (χ0) is 13.1. The van der Waals surface area contributed by atoms with Gasteiger partial charge >= 0.3 is 0 Å². The molecule has 0 saturated heterocycles.